The molecule has 0 bridgehead atoms. The van der Waals surface area contributed by atoms with Gasteiger partial charge in [0.25, 0.3) is 11.8 Å². The van der Waals surface area contributed by atoms with E-state index in [0.29, 0.717) is 24.3 Å². The van der Waals surface area contributed by atoms with E-state index in [4.69, 9.17) is 0 Å². The number of hydrogen-bond acceptors (Lipinski definition) is 5. The lowest BCUT2D eigenvalue weighted by atomic mass is 10.1. The van der Waals surface area contributed by atoms with Crippen LogP contribution < -0.4 is 15.4 Å². The molecule has 302 valence electrons. The topological polar surface area (TPSA) is 121 Å². The Bertz CT molecular complexity index is 2350. The van der Waals surface area contributed by atoms with E-state index in [1.54, 1.807) is 38.1 Å². The van der Waals surface area contributed by atoms with Crippen LogP contribution in [-0.4, -0.2) is 32.3 Å². The van der Waals surface area contributed by atoms with Crippen molar-refractivity contribution in [2.45, 2.75) is 67.7 Å². The Kier molecular flexibility index (Phi) is 15.9. The van der Waals surface area contributed by atoms with Gasteiger partial charge in [0.05, 0.1) is 17.4 Å². The lowest BCUT2D eigenvalue weighted by molar-refractivity contribution is -0.138. The van der Waals surface area contributed by atoms with Gasteiger partial charge >= 0.3 is 6.18 Å². The van der Waals surface area contributed by atoms with Gasteiger partial charge in [0.15, 0.2) is 5.78 Å². The molecule has 2 aliphatic rings. The van der Waals surface area contributed by atoms with E-state index in [9.17, 15) is 40.4 Å². The van der Waals surface area contributed by atoms with Gasteiger partial charge < -0.3 is 10.6 Å². The first-order chi connectivity index (χ1) is 26.5. The number of rotatable bonds is 3. The van der Waals surface area contributed by atoms with E-state index in [1.165, 1.54) is 37.6 Å². The van der Waals surface area contributed by atoms with E-state index in [0.717, 1.165) is 51.3 Å². The third-order valence-electron chi connectivity index (χ3n) is 8.42. The highest BCUT2D eigenvalue weighted by atomic mass is 32.2. The van der Waals surface area contributed by atoms with Crippen LogP contribution in [0.25, 0.3) is 0 Å². The van der Waals surface area contributed by atoms with Crippen LogP contribution >= 0.6 is 0 Å². The predicted molar refractivity (Wildman–Crippen MR) is 216 cm³/mol. The molecular weight excluding hydrogens is 759 g/mol. The number of anilines is 1. The number of fused-ring (bicyclic) bond motifs is 2. The van der Waals surface area contributed by atoms with Crippen LogP contribution in [0.15, 0.2) is 97.1 Å². The molecule has 13 heteroatoms. The second kappa shape index (κ2) is 19.9. The normalized spacial score (nSPS) is 12.3. The molecule has 7 rings (SSSR count). The molecule has 57 heavy (non-hydrogen) atoms. The zero-order chi connectivity index (χ0) is 42.7. The highest BCUT2D eigenvalue weighted by Gasteiger charge is 2.32. The van der Waals surface area contributed by atoms with Gasteiger partial charge in [-0.2, -0.15) is 13.2 Å². The molecule has 8 nitrogen and oxygen atoms in total. The maximum Gasteiger partial charge on any atom is 0.416 e. The number of sulfonamides is 1. The van der Waals surface area contributed by atoms with E-state index in [2.05, 4.69) is 15.4 Å². The molecule has 5 aromatic carbocycles. The van der Waals surface area contributed by atoms with Gasteiger partial charge in [-0.15, -0.1) is 0 Å². The van der Waals surface area contributed by atoms with Crippen LogP contribution in [0.5, 0.6) is 0 Å². The maximum absolute atomic E-state index is 12.9. The van der Waals surface area contributed by atoms with E-state index in [1.807, 2.05) is 69.3 Å². The Balaban J connectivity index is 0.000000191. The Morgan fingerprint density at radius 1 is 0.649 bits per heavy atom. The Morgan fingerprint density at radius 3 is 1.75 bits per heavy atom. The maximum atomic E-state index is 12.9. The third kappa shape index (κ3) is 14.6. The first-order valence-electron chi connectivity index (χ1n) is 17.8. The highest BCUT2D eigenvalue weighted by molar-refractivity contribution is 7.92. The van der Waals surface area contributed by atoms with Gasteiger partial charge in [-0.3, -0.25) is 19.1 Å². The number of halogens is 4. The lowest BCUT2D eigenvalue weighted by Crippen LogP contribution is -2.12. The van der Waals surface area contributed by atoms with Gasteiger partial charge in [0.2, 0.25) is 10.0 Å². The first kappa shape index (κ1) is 45.6. The predicted octanol–water partition coefficient (Wildman–Crippen LogP) is 9.50. The van der Waals surface area contributed by atoms with Crippen LogP contribution in [0.1, 0.15) is 88.1 Å². The summed E-state index contributed by atoms with van der Waals surface area (Å²) in [7, 11) is -3.14. The summed E-state index contributed by atoms with van der Waals surface area (Å²) >= 11 is 0. The lowest BCUT2D eigenvalue weighted by Gasteiger charge is -2.10. The minimum Gasteiger partial charge on any atom is -0.348 e. The van der Waals surface area contributed by atoms with Gasteiger partial charge in [0.1, 0.15) is 5.82 Å². The van der Waals surface area contributed by atoms with Crippen LogP contribution in [0.3, 0.4) is 0 Å². The van der Waals surface area contributed by atoms with Crippen molar-refractivity contribution in [3.05, 3.63) is 170 Å². The highest BCUT2D eigenvalue weighted by Crippen LogP contribution is 2.32. The summed E-state index contributed by atoms with van der Waals surface area (Å²) in [5, 5.41) is 5.55. The molecule has 3 N–H and O–H groups in total. The van der Waals surface area contributed by atoms with Crippen molar-refractivity contribution in [3.63, 3.8) is 0 Å². The fraction of sp³-hybridized carbons (Fsp3) is 0.250. The molecule has 0 saturated heterocycles. The van der Waals surface area contributed by atoms with Gasteiger partial charge in [-0.1, -0.05) is 71.3 Å². The quantitative estimate of drug-likeness (QED) is 0.124. The van der Waals surface area contributed by atoms with Crippen molar-refractivity contribution in [1.29, 1.82) is 0 Å². The third-order valence-corrected chi connectivity index (χ3v) is 9.02. The summed E-state index contributed by atoms with van der Waals surface area (Å²) < 4.78 is 73.6. The molecular formula is C44H47F4N3O5S. The average molecular weight is 806 g/mol. The van der Waals surface area contributed by atoms with Crippen LogP contribution in [0, 0.1) is 47.4 Å². The average Bonchev–Trinajstić information content (AvgIpc) is 3.66. The van der Waals surface area contributed by atoms with Crippen molar-refractivity contribution in [3.8, 4) is 0 Å². The van der Waals surface area contributed by atoms with Gasteiger partial charge in [0, 0.05) is 29.9 Å². The number of amides is 2. The second-order valence-corrected chi connectivity index (χ2v) is 15.5. The van der Waals surface area contributed by atoms with Crippen molar-refractivity contribution in [2.75, 3.05) is 11.0 Å². The number of ketones is 1. The zero-order valence-corrected chi connectivity index (χ0v) is 33.9. The van der Waals surface area contributed by atoms with Crippen LogP contribution in [0.2, 0.25) is 0 Å². The van der Waals surface area contributed by atoms with Crippen molar-refractivity contribution in [2.24, 2.45) is 0 Å². The van der Waals surface area contributed by atoms with Gasteiger partial charge in [-0.05, 0) is 119 Å². The number of hydrogen-bond donors (Lipinski definition) is 3. The Morgan fingerprint density at radius 2 is 1.18 bits per heavy atom. The molecule has 0 fully saturated rings. The molecule has 2 aliphatic heterocycles. The minimum atomic E-state index is -4.23. The molecule has 5 aromatic rings. The summed E-state index contributed by atoms with van der Waals surface area (Å²) in [6.45, 7) is 13.6. The number of nitrogens with one attached hydrogen (secondary N) is 3. The zero-order valence-electron chi connectivity index (χ0n) is 33.1. The number of carbonyl (C=O) groups excluding carboxylic acids is 3. The SMILES string of the molecule is CC(=O)c1ccc(C)cc1F.Cc1ccc(C)c(C(F)(F)F)c1.Cc1ccc2c(c1)C(=O)NC2.Cc1ccc2c(c1)CNC2=O.Cc1cccc(NS(C)(=O)=O)c1. The fourth-order valence-electron chi connectivity index (χ4n) is 5.56. The molecule has 0 spiro atoms. The van der Waals surface area contributed by atoms with Crippen LogP contribution in [0.4, 0.5) is 23.2 Å². The largest absolute Gasteiger partial charge is 0.416 e. The van der Waals surface area contributed by atoms with Gasteiger partial charge in [-0.25, -0.2) is 12.8 Å². The smallest absolute Gasteiger partial charge is 0.348 e. The minimum absolute atomic E-state index is 0.0556. The summed E-state index contributed by atoms with van der Waals surface area (Å²) in [5.74, 6) is -0.552. The number of aryl methyl sites for hydroxylation is 6. The number of carbonyl (C=O) groups is 3. The molecule has 0 aromatic heterocycles. The molecule has 0 radical (unpaired) electrons. The van der Waals surface area contributed by atoms with Crippen LogP contribution in [-0.2, 0) is 29.3 Å². The van der Waals surface area contributed by atoms with E-state index in [-0.39, 0.29) is 28.7 Å². The molecule has 0 saturated carbocycles. The monoisotopic (exact) mass is 805 g/mol. The molecule has 0 unspecified atom stereocenters. The number of alkyl halides is 3. The number of benzene rings is 5. The first-order valence-corrected chi connectivity index (χ1v) is 19.6. The molecule has 0 atom stereocenters. The Hall–Kier alpha value is -5.82. The second-order valence-electron chi connectivity index (χ2n) is 13.8. The van der Waals surface area contributed by atoms with Crippen molar-refractivity contribution < 1.29 is 40.4 Å². The standard InChI is InChI=1S/C9H9F3.C9H9FO.2C9H9NO.C8H11NO2S/c1-6-3-4-7(2)8(5-6)9(10,11)12;1-6-3-4-8(7(2)11)9(10)5-6;1-6-2-3-8-7(4-6)5-10-9(8)11;1-6-2-3-7-5-10-9(11)8(7)4-6;1-7-4-3-5-8(6-7)9-12(2,10)11/h3-5H,1-2H3;3-5H,1-2H3;2*2-4H,5H2,1H3,(H,10,11);3-6,9H,1-2H3. The summed E-state index contributed by atoms with van der Waals surface area (Å²) in [5.41, 5.74) is 9.24. The van der Waals surface area contributed by atoms with E-state index < -0.39 is 27.6 Å². The summed E-state index contributed by atoms with van der Waals surface area (Å²) in [4.78, 5) is 32.9. The molecule has 0 aliphatic carbocycles. The number of Topliss-reactive ketones (excluding diaryl/α,β-unsaturated/α-hetero) is 1. The molecule has 2 heterocycles. The molecule has 2 amide bonds. The van der Waals surface area contributed by atoms with Crippen molar-refractivity contribution in [1.82, 2.24) is 10.6 Å². The summed E-state index contributed by atoms with van der Waals surface area (Å²) in [6, 6.07) is 28.0. The van der Waals surface area contributed by atoms with E-state index >= 15 is 0 Å². The Labute approximate surface area is 331 Å². The fourth-order valence-corrected chi connectivity index (χ4v) is 6.11. The summed E-state index contributed by atoms with van der Waals surface area (Å²) in [6.07, 6.45) is -3.09. The van der Waals surface area contributed by atoms with Crippen molar-refractivity contribution >= 4 is 33.3 Å².